The highest BCUT2D eigenvalue weighted by atomic mass is 32.2. The predicted molar refractivity (Wildman–Crippen MR) is 80.7 cm³/mol. The van der Waals surface area contributed by atoms with Gasteiger partial charge in [-0.1, -0.05) is 60.7 Å². The monoisotopic (exact) mass is 260 g/mol. The van der Waals surface area contributed by atoms with Gasteiger partial charge in [-0.3, -0.25) is 0 Å². The van der Waals surface area contributed by atoms with Crippen LogP contribution >= 0.6 is 23.5 Å². The zero-order valence-electron chi connectivity index (χ0n) is 10.1. The lowest BCUT2D eigenvalue weighted by atomic mass is 10.0. The maximum atomic E-state index is 2.21. The molecule has 0 nitrogen and oxygen atoms in total. The standard InChI is InChI=1S/C15H16S2/c1-16-15(17-2,13-9-5-3-6-10-13)14-11-7-4-8-12-14/h3-12H,1-2H3. The molecular weight excluding hydrogens is 244 g/mol. The number of hydrogen-bond donors (Lipinski definition) is 0. The van der Waals surface area contributed by atoms with Gasteiger partial charge in [0.25, 0.3) is 0 Å². The minimum absolute atomic E-state index is 0.00250. The predicted octanol–water partition coefficient (Wildman–Crippen LogP) is 4.61. The third-order valence-corrected chi connectivity index (χ3v) is 5.98. The molecule has 0 atom stereocenters. The summed E-state index contributed by atoms with van der Waals surface area (Å²) in [5.41, 5.74) is 2.71. The van der Waals surface area contributed by atoms with Gasteiger partial charge in [0.2, 0.25) is 0 Å². The van der Waals surface area contributed by atoms with E-state index in [1.54, 1.807) is 0 Å². The van der Waals surface area contributed by atoms with Gasteiger partial charge < -0.3 is 0 Å². The maximum absolute atomic E-state index is 2.21. The second-order valence-corrected chi connectivity index (χ2v) is 6.06. The maximum Gasteiger partial charge on any atom is 0.111 e. The first kappa shape index (κ1) is 12.6. The van der Waals surface area contributed by atoms with Crippen molar-refractivity contribution in [1.82, 2.24) is 0 Å². The summed E-state index contributed by atoms with van der Waals surface area (Å²) in [4.78, 5) is 0. The van der Waals surface area contributed by atoms with Gasteiger partial charge in [0.1, 0.15) is 4.08 Å². The van der Waals surface area contributed by atoms with Crippen LogP contribution in [-0.4, -0.2) is 12.5 Å². The molecule has 0 aliphatic heterocycles. The minimum atomic E-state index is 0.00250. The van der Waals surface area contributed by atoms with E-state index < -0.39 is 0 Å². The summed E-state index contributed by atoms with van der Waals surface area (Å²) >= 11 is 3.77. The number of thioether (sulfide) groups is 2. The van der Waals surface area contributed by atoms with Crippen LogP contribution in [0.3, 0.4) is 0 Å². The van der Waals surface area contributed by atoms with Crippen molar-refractivity contribution in [3.63, 3.8) is 0 Å². The van der Waals surface area contributed by atoms with Crippen molar-refractivity contribution in [1.29, 1.82) is 0 Å². The van der Waals surface area contributed by atoms with E-state index in [4.69, 9.17) is 0 Å². The van der Waals surface area contributed by atoms with Crippen LogP contribution in [0.1, 0.15) is 11.1 Å². The first-order valence-corrected chi connectivity index (χ1v) is 8.00. The molecule has 0 saturated carbocycles. The lowest BCUT2D eigenvalue weighted by molar-refractivity contribution is 1.08. The second-order valence-electron chi connectivity index (χ2n) is 3.76. The molecule has 0 amide bonds. The van der Waals surface area contributed by atoms with Crippen LogP contribution in [0.2, 0.25) is 0 Å². The molecule has 0 spiro atoms. The molecule has 2 aromatic carbocycles. The van der Waals surface area contributed by atoms with Crippen molar-refractivity contribution in [2.45, 2.75) is 4.08 Å². The minimum Gasteiger partial charge on any atom is -0.138 e. The van der Waals surface area contributed by atoms with E-state index in [2.05, 4.69) is 73.2 Å². The molecule has 17 heavy (non-hydrogen) atoms. The van der Waals surface area contributed by atoms with Crippen LogP contribution < -0.4 is 0 Å². The van der Waals surface area contributed by atoms with E-state index in [1.807, 2.05) is 23.5 Å². The average molecular weight is 260 g/mol. The SMILES string of the molecule is CSC(SC)(c1ccccc1)c1ccccc1. The zero-order valence-corrected chi connectivity index (χ0v) is 11.7. The van der Waals surface area contributed by atoms with Gasteiger partial charge in [-0.25, -0.2) is 0 Å². The summed E-state index contributed by atoms with van der Waals surface area (Å²) in [7, 11) is 0. The highest BCUT2D eigenvalue weighted by Gasteiger charge is 2.32. The Morgan fingerprint density at radius 1 is 0.647 bits per heavy atom. The number of benzene rings is 2. The molecule has 0 saturated heterocycles. The van der Waals surface area contributed by atoms with Crippen LogP contribution in [0.15, 0.2) is 60.7 Å². The van der Waals surface area contributed by atoms with Crippen LogP contribution in [0.4, 0.5) is 0 Å². The Hall–Kier alpha value is -0.860. The van der Waals surface area contributed by atoms with Crippen molar-refractivity contribution in [2.75, 3.05) is 12.5 Å². The number of hydrogen-bond acceptors (Lipinski definition) is 2. The summed E-state index contributed by atoms with van der Waals surface area (Å²) in [6, 6.07) is 21.4. The van der Waals surface area contributed by atoms with E-state index in [1.165, 1.54) is 11.1 Å². The third-order valence-electron chi connectivity index (χ3n) is 2.88. The molecule has 0 unspecified atom stereocenters. The van der Waals surface area contributed by atoms with Gasteiger partial charge in [-0.15, -0.1) is 23.5 Å². The third kappa shape index (κ3) is 2.38. The Morgan fingerprint density at radius 3 is 1.29 bits per heavy atom. The largest absolute Gasteiger partial charge is 0.138 e. The van der Waals surface area contributed by atoms with Crippen molar-refractivity contribution >= 4 is 23.5 Å². The van der Waals surface area contributed by atoms with Gasteiger partial charge in [0.05, 0.1) is 0 Å². The average Bonchev–Trinajstić information content (AvgIpc) is 2.43. The Morgan fingerprint density at radius 2 is 1.00 bits per heavy atom. The van der Waals surface area contributed by atoms with E-state index in [0.29, 0.717) is 0 Å². The lowest BCUT2D eigenvalue weighted by Gasteiger charge is -2.31. The molecule has 0 aliphatic carbocycles. The number of rotatable bonds is 4. The fraction of sp³-hybridized carbons (Fsp3) is 0.200. The van der Waals surface area contributed by atoms with Crippen LogP contribution in [0.5, 0.6) is 0 Å². The van der Waals surface area contributed by atoms with Crippen LogP contribution in [-0.2, 0) is 4.08 Å². The molecule has 0 fully saturated rings. The smallest absolute Gasteiger partial charge is 0.111 e. The van der Waals surface area contributed by atoms with Crippen LogP contribution in [0, 0.1) is 0 Å². The Kier molecular flexibility index (Phi) is 4.19. The van der Waals surface area contributed by atoms with E-state index in [9.17, 15) is 0 Å². The zero-order chi connectivity index (χ0) is 12.1. The molecule has 2 rings (SSSR count). The topological polar surface area (TPSA) is 0 Å². The highest BCUT2D eigenvalue weighted by molar-refractivity contribution is 8.17. The van der Waals surface area contributed by atoms with Gasteiger partial charge in [0.15, 0.2) is 0 Å². The molecule has 88 valence electrons. The second kappa shape index (κ2) is 5.65. The van der Waals surface area contributed by atoms with Crippen LogP contribution in [0.25, 0.3) is 0 Å². The molecule has 0 heterocycles. The van der Waals surface area contributed by atoms with E-state index in [-0.39, 0.29) is 4.08 Å². The van der Waals surface area contributed by atoms with Crippen molar-refractivity contribution in [3.8, 4) is 0 Å². The molecule has 0 radical (unpaired) electrons. The van der Waals surface area contributed by atoms with E-state index >= 15 is 0 Å². The first-order valence-electron chi connectivity index (χ1n) is 5.55. The molecule has 0 N–H and O–H groups in total. The van der Waals surface area contributed by atoms with Gasteiger partial charge in [-0.05, 0) is 23.6 Å². The summed E-state index contributed by atoms with van der Waals surface area (Å²) in [6.07, 6.45) is 4.35. The lowest BCUT2D eigenvalue weighted by Crippen LogP contribution is -2.18. The van der Waals surface area contributed by atoms with Gasteiger partial charge in [0, 0.05) is 0 Å². The fourth-order valence-electron chi connectivity index (χ4n) is 2.04. The highest BCUT2D eigenvalue weighted by Crippen LogP contribution is 2.49. The van der Waals surface area contributed by atoms with Crippen molar-refractivity contribution < 1.29 is 0 Å². The molecule has 0 aliphatic rings. The fourth-order valence-corrected chi connectivity index (χ4v) is 4.19. The molecule has 2 heteroatoms. The van der Waals surface area contributed by atoms with Crippen molar-refractivity contribution in [2.24, 2.45) is 0 Å². The Labute approximate surface area is 112 Å². The summed E-state index contributed by atoms with van der Waals surface area (Å²) in [6.45, 7) is 0. The van der Waals surface area contributed by atoms with Crippen molar-refractivity contribution in [3.05, 3.63) is 71.8 Å². The molecular formula is C15H16S2. The van der Waals surface area contributed by atoms with Gasteiger partial charge >= 0.3 is 0 Å². The quantitative estimate of drug-likeness (QED) is 0.736. The summed E-state index contributed by atoms with van der Waals surface area (Å²) < 4.78 is 0.00250. The Bertz CT molecular complexity index is 405. The van der Waals surface area contributed by atoms with Gasteiger partial charge in [-0.2, -0.15) is 0 Å². The molecule has 0 bridgehead atoms. The Balaban J connectivity index is 2.54. The molecule has 2 aromatic rings. The first-order chi connectivity index (χ1) is 8.33. The normalized spacial score (nSPS) is 11.4. The summed E-state index contributed by atoms with van der Waals surface area (Å²) in [5, 5.41) is 0. The molecule has 0 aromatic heterocycles. The van der Waals surface area contributed by atoms with E-state index in [0.717, 1.165) is 0 Å². The summed E-state index contributed by atoms with van der Waals surface area (Å²) in [5.74, 6) is 0.